The molecule has 4 rings (SSSR count). The number of azo groups is 1. The van der Waals surface area contributed by atoms with Gasteiger partial charge in [-0.2, -0.15) is 4.99 Å². The van der Waals surface area contributed by atoms with E-state index in [1.807, 2.05) is 26.8 Å². The molecule has 0 fully saturated rings. The number of amidine groups is 1. The van der Waals surface area contributed by atoms with Crippen molar-refractivity contribution in [1.82, 2.24) is 4.57 Å². The molecule has 2 aliphatic rings. The number of allylic oxidation sites excluding steroid dienone is 2. The first kappa shape index (κ1) is 20.0. The fraction of sp³-hybridized carbons (Fsp3) is 0.250. The maximum atomic E-state index is 14.3. The number of thioether (sulfide) groups is 1. The summed E-state index contributed by atoms with van der Waals surface area (Å²) in [5, 5.41) is 19.3. The van der Waals surface area contributed by atoms with Gasteiger partial charge < -0.3 is 14.4 Å². The molecule has 1 aromatic heterocycles. The van der Waals surface area contributed by atoms with Gasteiger partial charge in [0.05, 0.1) is 23.1 Å². The summed E-state index contributed by atoms with van der Waals surface area (Å²) in [6.45, 7) is 5.72. The second-order valence-corrected chi connectivity index (χ2v) is 8.38. The van der Waals surface area contributed by atoms with Gasteiger partial charge in [0.25, 0.3) is 5.91 Å². The molecule has 1 N–H and O–H groups in total. The third-order valence-corrected chi connectivity index (χ3v) is 5.71. The highest BCUT2D eigenvalue weighted by molar-refractivity contribution is 8.18. The Labute approximate surface area is 174 Å². The second-order valence-electron chi connectivity index (χ2n) is 7.37. The monoisotopic (exact) mass is 428 g/mol. The van der Waals surface area contributed by atoms with Crippen LogP contribution in [0.5, 0.6) is 5.88 Å². The van der Waals surface area contributed by atoms with Crippen molar-refractivity contribution in [3.63, 3.8) is 0 Å². The number of nitrogens with zero attached hydrogens (tertiary/aromatic N) is 4. The minimum Gasteiger partial charge on any atom is -0.493 e. The molecule has 0 spiro atoms. The molecule has 1 aromatic carbocycles. The van der Waals surface area contributed by atoms with Crippen molar-refractivity contribution in [1.29, 1.82) is 0 Å². The summed E-state index contributed by atoms with van der Waals surface area (Å²) in [5.74, 6) is -1.97. The summed E-state index contributed by atoms with van der Waals surface area (Å²) >= 11 is 0.852. The van der Waals surface area contributed by atoms with Gasteiger partial charge in [-0.25, -0.2) is 9.18 Å². The van der Waals surface area contributed by atoms with E-state index in [4.69, 9.17) is 0 Å². The number of aliphatic imine (C=N–C) groups is 1. The predicted molar refractivity (Wildman–Crippen MR) is 111 cm³/mol. The number of hydrogen-bond acceptors (Lipinski definition) is 7. The Morgan fingerprint density at radius 2 is 2.10 bits per heavy atom. The number of amides is 1. The lowest BCUT2D eigenvalue weighted by Gasteiger charge is -2.30. The van der Waals surface area contributed by atoms with Crippen molar-refractivity contribution >= 4 is 51.0 Å². The van der Waals surface area contributed by atoms with Gasteiger partial charge in [0.1, 0.15) is 5.82 Å². The minimum atomic E-state index is -0.688. The zero-order valence-corrected chi connectivity index (χ0v) is 17.4. The molecule has 8 nitrogen and oxygen atoms in total. The number of hydrogen-bond donors (Lipinski definition) is 1. The summed E-state index contributed by atoms with van der Waals surface area (Å²) in [6, 6.07) is 2.70. The molecule has 0 aliphatic carbocycles. The first-order valence-corrected chi connectivity index (χ1v) is 9.73. The number of aromatic nitrogens is 1. The maximum Gasteiger partial charge on any atom is 0.331 e. The van der Waals surface area contributed by atoms with Gasteiger partial charge in [-0.1, -0.05) is 6.08 Å². The van der Waals surface area contributed by atoms with Crippen LogP contribution in [0.15, 0.2) is 44.4 Å². The summed E-state index contributed by atoms with van der Waals surface area (Å²) in [4.78, 5) is 27.0. The first-order valence-electron chi connectivity index (χ1n) is 8.92. The molecule has 1 amide bonds. The largest absolute Gasteiger partial charge is 0.493 e. The fourth-order valence-electron chi connectivity index (χ4n) is 3.68. The Kier molecular flexibility index (Phi) is 4.61. The van der Waals surface area contributed by atoms with E-state index in [1.165, 1.54) is 19.2 Å². The minimum absolute atomic E-state index is 0.00415. The number of benzene rings is 1. The molecule has 2 aromatic rings. The molecular weight excluding hydrogens is 411 g/mol. The number of carbonyl (C=O) groups excluding carboxylic acids is 2. The van der Waals surface area contributed by atoms with Crippen LogP contribution in [-0.4, -0.2) is 33.8 Å². The topological polar surface area (TPSA) is 106 Å². The summed E-state index contributed by atoms with van der Waals surface area (Å²) in [7, 11) is 1.20. The van der Waals surface area contributed by atoms with E-state index < -0.39 is 23.2 Å². The Bertz CT molecular complexity index is 1250. The quantitative estimate of drug-likeness (QED) is 0.433. The SMILES string of the molecule is COC(=O)C=C1SC(N=Nc2c(O)n3c4c(cc(F)cc24)C(C)=CC3(C)C)=NC1=O. The van der Waals surface area contributed by atoms with Crippen molar-refractivity contribution in [2.45, 2.75) is 26.3 Å². The molecule has 0 saturated heterocycles. The van der Waals surface area contributed by atoms with Gasteiger partial charge in [0.15, 0.2) is 5.69 Å². The number of methoxy groups -OCH3 is 1. The van der Waals surface area contributed by atoms with Gasteiger partial charge in [0, 0.05) is 17.0 Å². The Morgan fingerprint density at radius 3 is 2.80 bits per heavy atom. The Balaban J connectivity index is 1.79. The smallest absolute Gasteiger partial charge is 0.331 e. The van der Waals surface area contributed by atoms with Gasteiger partial charge in [-0.05, 0) is 50.2 Å². The van der Waals surface area contributed by atoms with Crippen LogP contribution in [-0.2, 0) is 19.9 Å². The molecule has 10 heteroatoms. The number of carbonyl (C=O) groups is 2. The van der Waals surface area contributed by atoms with E-state index in [9.17, 15) is 19.1 Å². The molecule has 2 aliphatic heterocycles. The van der Waals surface area contributed by atoms with Crippen molar-refractivity contribution in [3.05, 3.63) is 40.6 Å². The van der Waals surface area contributed by atoms with E-state index in [1.54, 1.807) is 4.57 Å². The molecule has 30 heavy (non-hydrogen) atoms. The number of ether oxygens (including phenoxy) is 1. The normalized spacial score (nSPS) is 19.0. The third-order valence-electron chi connectivity index (χ3n) is 4.84. The summed E-state index contributed by atoms with van der Waals surface area (Å²) < 4.78 is 20.5. The first-order chi connectivity index (χ1) is 14.1. The number of halogens is 1. The highest BCUT2D eigenvalue weighted by atomic mass is 32.2. The van der Waals surface area contributed by atoms with Crippen molar-refractivity contribution in [2.75, 3.05) is 7.11 Å². The molecule has 0 bridgehead atoms. The van der Waals surface area contributed by atoms with Crippen LogP contribution in [0.2, 0.25) is 0 Å². The van der Waals surface area contributed by atoms with Gasteiger partial charge in [0.2, 0.25) is 11.0 Å². The highest BCUT2D eigenvalue weighted by Crippen LogP contribution is 2.48. The van der Waals surface area contributed by atoms with Crippen molar-refractivity contribution in [3.8, 4) is 5.88 Å². The number of aromatic hydroxyl groups is 1. The molecule has 154 valence electrons. The lowest BCUT2D eigenvalue weighted by molar-refractivity contribution is -0.135. The molecule has 0 saturated carbocycles. The van der Waals surface area contributed by atoms with E-state index >= 15 is 0 Å². The van der Waals surface area contributed by atoms with Gasteiger partial charge >= 0.3 is 5.97 Å². The average molecular weight is 428 g/mol. The lowest BCUT2D eigenvalue weighted by Crippen LogP contribution is -2.26. The fourth-order valence-corrected chi connectivity index (χ4v) is 4.38. The van der Waals surface area contributed by atoms with E-state index in [0.717, 1.165) is 23.4 Å². The van der Waals surface area contributed by atoms with Crippen molar-refractivity contribution in [2.24, 2.45) is 15.2 Å². The molecule has 0 unspecified atom stereocenters. The zero-order valence-electron chi connectivity index (χ0n) is 16.6. The lowest BCUT2D eigenvalue weighted by atomic mass is 9.92. The van der Waals surface area contributed by atoms with Crippen LogP contribution in [0.3, 0.4) is 0 Å². The second kappa shape index (κ2) is 6.91. The Morgan fingerprint density at radius 1 is 1.37 bits per heavy atom. The van der Waals surface area contributed by atoms with Crippen molar-refractivity contribution < 1.29 is 23.8 Å². The Hall–Kier alpha value is -3.27. The molecule has 0 radical (unpaired) electrons. The van der Waals surface area contributed by atoms with Gasteiger partial charge in [-0.15, -0.1) is 10.2 Å². The third kappa shape index (κ3) is 3.13. The molecule has 3 heterocycles. The van der Waals surface area contributed by atoms with Gasteiger partial charge in [-0.3, -0.25) is 4.79 Å². The zero-order chi connectivity index (χ0) is 21.8. The van der Waals surface area contributed by atoms with E-state index in [0.29, 0.717) is 16.5 Å². The van der Waals surface area contributed by atoms with Crippen LogP contribution in [0.25, 0.3) is 16.5 Å². The van der Waals surface area contributed by atoms with Crippen LogP contribution in [0, 0.1) is 5.82 Å². The average Bonchev–Trinajstić information content (AvgIpc) is 3.15. The highest BCUT2D eigenvalue weighted by Gasteiger charge is 2.33. The van der Waals surface area contributed by atoms with Crippen LogP contribution in [0.4, 0.5) is 10.1 Å². The van der Waals surface area contributed by atoms with Crippen LogP contribution < -0.4 is 0 Å². The van der Waals surface area contributed by atoms with Crippen LogP contribution in [0.1, 0.15) is 26.3 Å². The summed E-state index contributed by atoms with van der Waals surface area (Å²) in [5.41, 5.74) is 1.69. The molecular formula is C20H17FN4O4S. The van der Waals surface area contributed by atoms with E-state index in [2.05, 4.69) is 20.0 Å². The number of esters is 1. The number of rotatable bonds is 2. The standard InChI is InChI=1S/C20H17FN4O4S/c1-9-8-20(2,3)25-16-11(9)5-10(21)6-12(16)15(18(25)28)23-24-19-22-17(27)13(30-19)7-14(26)29-4/h5-8,28H,1-4H3. The van der Waals surface area contributed by atoms with E-state index in [-0.39, 0.29) is 21.6 Å². The predicted octanol–water partition coefficient (Wildman–Crippen LogP) is 4.41. The maximum absolute atomic E-state index is 14.3. The molecule has 0 atom stereocenters. The van der Waals surface area contributed by atoms with Crippen LogP contribution >= 0.6 is 11.8 Å². The summed E-state index contributed by atoms with van der Waals surface area (Å²) in [6.07, 6.45) is 2.96.